The number of nitrogens with one attached hydrogen (secondary N) is 1. The number of likely N-dealkylation sites (tertiary alicyclic amines) is 1. The maximum Gasteiger partial charge on any atom is 0.0198 e. The third kappa shape index (κ3) is 3.18. The molecule has 0 aromatic carbocycles. The lowest BCUT2D eigenvalue weighted by Gasteiger charge is -2.38. The molecule has 2 fully saturated rings. The van der Waals surface area contributed by atoms with Gasteiger partial charge in [-0.3, -0.25) is 4.90 Å². The van der Waals surface area contributed by atoms with E-state index in [9.17, 15) is 0 Å². The van der Waals surface area contributed by atoms with E-state index in [2.05, 4.69) is 24.1 Å². The van der Waals surface area contributed by atoms with E-state index >= 15 is 0 Å². The Morgan fingerprint density at radius 3 is 2.47 bits per heavy atom. The first-order valence-electron chi connectivity index (χ1n) is 6.83. The van der Waals surface area contributed by atoms with Gasteiger partial charge in [-0.1, -0.05) is 13.8 Å². The molecule has 1 heterocycles. The van der Waals surface area contributed by atoms with Crippen molar-refractivity contribution in [3.05, 3.63) is 0 Å². The first-order valence-corrected chi connectivity index (χ1v) is 6.83. The maximum atomic E-state index is 3.78. The zero-order valence-corrected chi connectivity index (χ0v) is 10.3. The summed E-state index contributed by atoms with van der Waals surface area (Å²) in [7, 11) is 0. The topological polar surface area (TPSA) is 15.3 Å². The molecule has 2 rings (SSSR count). The van der Waals surface area contributed by atoms with Crippen molar-refractivity contribution in [3.8, 4) is 0 Å². The van der Waals surface area contributed by atoms with E-state index in [1.165, 1.54) is 51.6 Å². The van der Waals surface area contributed by atoms with Gasteiger partial charge in [-0.25, -0.2) is 0 Å². The molecule has 1 unspecified atom stereocenters. The Balaban J connectivity index is 1.79. The van der Waals surface area contributed by atoms with Gasteiger partial charge in [0.2, 0.25) is 0 Å². The van der Waals surface area contributed by atoms with Crippen molar-refractivity contribution < 1.29 is 0 Å². The third-order valence-electron chi connectivity index (χ3n) is 3.96. The number of hydrogen-bond acceptors (Lipinski definition) is 2. The van der Waals surface area contributed by atoms with Gasteiger partial charge in [0.15, 0.2) is 0 Å². The summed E-state index contributed by atoms with van der Waals surface area (Å²) >= 11 is 0. The summed E-state index contributed by atoms with van der Waals surface area (Å²) in [6.07, 6.45) is 8.25. The molecule has 2 heteroatoms. The Hall–Kier alpha value is -0.0800. The second-order valence-electron chi connectivity index (χ2n) is 5.25. The van der Waals surface area contributed by atoms with Crippen LogP contribution in [0, 0.1) is 0 Å². The molecule has 0 amide bonds. The highest BCUT2D eigenvalue weighted by Crippen LogP contribution is 2.23. The van der Waals surface area contributed by atoms with Crippen molar-refractivity contribution in [2.75, 3.05) is 13.1 Å². The van der Waals surface area contributed by atoms with Crippen LogP contribution in [0.25, 0.3) is 0 Å². The van der Waals surface area contributed by atoms with Crippen LogP contribution in [0.4, 0.5) is 0 Å². The molecule has 1 aliphatic carbocycles. The predicted octanol–water partition coefficient (Wildman–Crippen LogP) is 2.39. The van der Waals surface area contributed by atoms with Gasteiger partial charge in [0.05, 0.1) is 0 Å². The van der Waals surface area contributed by atoms with Crippen LogP contribution in [0.15, 0.2) is 0 Å². The first-order chi connectivity index (χ1) is 7.33. The highest BCUT2D eigenvalue weighted by molar-refractivity contribution is 4.89. The lowest BCUT2D eigenvalue weighted by molar-refractivity contribution is 0.129. The van der Waals surface area contributed by atoms with E-state index in [4.69, 9.17) is 0 Å². The third-order valence-corrected chi connectivity index (χ3v) is 3.96. The number of hydrogen-bond donors (Lipinski definition) is 1. The number of rotatable bonds is 5. The maximum absolute atomic E-state index is 3.78. The van der Waals surface area contributed by atoms with Gasteiger partial charge in [-0.05, 0) is 45.1 Å². The molecular formula is C13H26N2. The Bertz CT molecular complexity index is 185. The van der Waals surface area contributed by atoms with Crippen LogP contribution in [0.1, 0.15) is 52.4 Å². The highest BCUT2D eigenvalue weighted by atomic mass is 15.2. The molecule has 1 N–H and O–H groups in total. The highest BCUT2D eigenvalue weighted by Gasteiger charge is 2.29. The molecule has 1 saturated heterocycles. The zero-order chi connectivity index (χ0) is 10.7. The van der Waals surface area contributed by atoms with E-state index in [-0.39, 0.29) is 0 Å². The molecular weight excluding hydrogens is 184 g/mol. The molecule has 2 aliphatic rings. The fraction of sp³-hybridized carbons (Fsp3) is 1.00. The largest absolute Gasteiger partial charge is 0.310 e. The van der Waals surface area contributed by atoms with Crippen molar-refractivity contribution in [1.82, 2.24) is 10.2 Å². The average Bonchev–Trinajstić information content (AvgIpc) is 3.04. The fourth-order valence-electron chi connectivity index (χ4n) is 2.86. The summed E-state index contributed by atoms with van der Waals surface area (Å²) in [5, 5.41) is 3.78. The quantitative estimate of drug-likeness (QED) is 0.749. The Morgan fingerprint density at radius 1 is 1.13 bits per heavy atom. The predicted molar refractivity (Wildman–Crippen MR) is 65.1 cm³/mol. The van der Waals surface area contributed by atoms with Gasteiger partial charge in [-0.15, -0.1) is 0 Å². The van der Waals surface area contributed by atoms with Crippen LogP contribution in [-0.2, 0) is 0 Å². The smallest absolute Gasteiger partial charge is 0.0198 e. The summed E-state index contributed by atoms with van der Waals surface area (Å²) in [6, 6.07) is 2.48. The Labute approximate surface area is 94.4 Å². The molecule has 88 valence electrons. The van der Waals surface area contributed by atoms with Crippen LogP contribution in [0.3, 0.4) is 0 Å². The minimum absolute atomic E-state index is 0.784. The van der Waals surface area contributed by atoms with Gasteiger partial charge in [0.1, 0.15) is 0 Å². The van der Waals surface area contributed by atoms with Crippen molar-refractivity contribution in [3.63, 3.8) is 0 Å². The van der Waals surface area contributed by atoms with Crippen molar-refractivity contribution in [2.45, 2.75) is 70.5 Å². The van der Waals surface area contributed by atoms with Gasteiger partial charge in [0, 0.05) is 24.7 Å². The Morgan fingerprint density at radius 2 is 1.87 bits per heavy atom. The molecule has 0 aromatic rings. The van der Waals surface area contributed by atoms with Crippen LogP contribution < -0.4 is 5.32 Å². The summed E-state index contributed by atoms with van der Waals surface area (Å²) in [4.78, 5) is 2.71. The number of piperidine rings is 1. The van der Waals surface area contributed by atoms with E-state index in [0.717, 1.165) is 18.1 Å². The Kier molecular flexibility index (Phi) is 4.04. The molecule has 1 aliphatic heterocycles. The van der Waals surface area contributed by atoms with Gasteiger partial charge < -0.3 is 5.32 Å². The molecule has 0 aromatic heterocycles. The monoisotopic (exact) mass is 210 g/mol. The van der Waals surface area contributed by atoms with Gasteiger partial charge in [-0.2, -0.15) is 0 Å². The van der Waals surface area contributed by atoms with E-state index in [1.807, 2.05) is 0 Å². The average molecular weight is 210 g/mol. The molecule has 0 radical (unpaired) electrons. The minimum Gasteiger partial charge on any atom is -0.310 e. The molecule has 15 heavy (non-hydrogen) atoms. The SMILES string of the molecule is CCC(CC)N1CCCC(NC2CC2)C1. The van der Waals surface area contributed by atoms with E-state index in [1.54, 1.807) is 0 Å². The fourth-order valence-corrected chi connectivity index (χ4v) is 2.86. The van der Waals surface area contributed by atoms with Gasteiger partial charge >= 0.3 is 0 Å². The minimum atomic E-state index is 0.784. The lowest BCUT2D eigenvalue weighted by atomic mass is 10.0. The van der Waals surface area contributed by atoms with Crippen LogP contribution in [0.2, 0.25) is 0 Å². The first kappa shape index (κ1) is 11.4. The molecule has 1 saturated carbocycles. The second kappa shape index (κ2) is 5.31. The summed E-state index contributed by atoms with van der Waals surface area (Å²) in [6.45, 7) is 7.27. The molecule has 0 spiro atoms. The normalized spacial score (nSPS) is 28.6. The molecule has 1 atom stereocenters. The summed E-state index contributed by atoms with van der Waals surface area (Å²) < 4.78 is 0. The lowest BCUT2D eigenvalue weighted by Crippen LogP contribution is -2.49. The summed E-state index contributed by atoms with van der Waals surface area (Å²) in [5.41, 5.74) is 0. The van der Waals surface area contributed by atoms with Crippen molar-refractivity contribution >= 4 is 0 Å². The van der Waals surface area contributed by atoms with Crippen molar-refractivity contribution in [1.29, 1.82) is 0 Å². The number of nitrogens with zero attached hydrogens (tertiary/aromatic N) is 1. The van der Waals surface area contributed by atoms with E-state index < -0.39 is 0 Å². The van der Waals surface area contributed by atoms with Crippen LogP contribution in [0.5, 0.6) is 0 Å². The standard InChI is InChI=1S/C13H26N2/c1-3-13(4-2)15-9-5-6-12(10-15)14-11-7-8-11/h11-14H,3-10H2,1-2H3. The van der Waals surface area contributed by atoms with Crippen molar-refractivity contribution in [2.24, 2.45) is 0 Å². The molecule has 2 nitrogen and oxygen atoms in total. The van der Waals surface area contributed by atoms with Gasteiger partial charge in [0.25, 0.3) is 0 Å². The molecule has 0 bridgehead atoms. The second-order valence-corrected chi connectivity index (χ2v) is 5.25. The van der Waals surface area contributed by atoms with Crippen LogP contribution >= 0.6 is 0 Å². The zero-order valence-electron chi connectivity index (χ0n) is 10.3. The van der Waals surface area contributed by atoms with Crippen LogP contribution in [-0.4, -0.2) is 36.1 Å². The van der Waals surface area contributed by atoms with E-state index in [0.29, 0.717) is 0 Å². The summed E-state index contributed by atoms with van der Waals surface area (Å²) in [5.74, 6) is 0.